The van der Waals surface area contributed by atoms with Gasteiger partial charge in [-0.2, -0.15) is 0 Å². The zero-order valence-electron chi connectivity index (χ0n) is 15.6. The van der Waals surface area contributed by atoms with E-state index in [1.54, 1.807) is 54.6 Å². The molecule has 0 radical (unpaired) electrons. The number of carbonyl (C=O) groups is 2. The fourth-order valence-corrected chi connectivity index (χ4v) is 2.14. The molecule has 0 heterocycles. The van der Waals surface area contributed by atoms with Crippen molar-refractivity contribution in [3.63, 3.8) is 0 Å². The molecular formula is C22H24O5. The Labute approximate surface area is 159 Å². The van der Waals surface area contributed by atoms with Crippen molar-refractivity contribution in [2.24, 2.45) is 0 Å². The fourth-order valence-electron chi connectivity index (χ4n) is 2.14. The van der Waals surface area contributed by atoms with Crippen molar-refractivity contribution in [1.29, 1.82) is 0 Å². The highest BCUT2D eigenvalue weighted by atomic mass is 16.5. The molecule has 5 nitrogen and oxygen atoms in total. The van der Waals surface area contributed by atoms with Gasteiger partial charge in [0, 0.05) is 6.08 Å². The maximum atomic E-state index is 12.2. The van der Waals surface area contributed by atoms with Crippen LogP contribution in [0.2, 0.25) is 0 Å². The molecule has 142 valence electrons. The van der Waals surface area contributed by atoms with Crippen LogP contribution in [0.25, 0.3) is 6.08 Å². The van der Waals surface area contributed by atoms with E-state index in [4.69, 9.17) is 14.2 Å². The van der Waals surface area contributed by atoms with Crippen LogP contribution in [0.3, 0.4) is 0 Å². The Kier molecular flexibility index (Phi) is 8.10. The van der Waals surface area contributed by atoms with Gasteiger partial charge in [0.15, 0.2) is 0 Å². The van der Waals surface area contributed by atoms with Gasteiger partial charge in [-0.15, -0.1) is 0 Å². The maximum absolute atomic E-state index is 12.2. The molecule has 27 heavy (non-hydrogen) atoms. The standard InChI is InChI=1S/C22H24O5/c1-3-15-25-19-12-8-18(9-13-19)22(24)27-20-10-5-17(6-11-20)7-14-21(23)26-16-4-2/h5-14H,3-4,15-16H2,1-2H3/b14-7+. The van der Waals surface area contributed by atoms with E-state index in [9.17, 15) is 9.59 Å². The molecule has 0 saturated carbocycles. The van der Waals surface area contributed by atoms with Gasteiger partial charge in [0.05, 0.1) is 18.8 Å². The summed E-state index contributed by atoms with van der Waals surface area (Å²) in [6, 6.07) is 13.7. The van der Waals surface area contributed by atoms with Gasteiger partial charge in [0.25, 0.3) is 0 Å². The van der Waals surface area contributed by atoms with Crippen molar-refractivity contribution >= 4 is 18.0 Å². The van der Waals surface area contributed by atoms with Crippen molar-refractivity contribution in [2.45, 2.75) is 26.7 Å². The van der Waals surface area contributed by atoms with E-state index < -0.39 is 5.97 Å². The van der Waals surface area contributed by atoms with E-state index in [2.05, 4.69) is 0 Å². The van der Waals surface area contributed by atoms with E-state index in [-0.39, 0.29) is 5.97 Å². The highest BCUT2D eigenvalue weighted by molar-refractivity contribution is 5.91. The normalized spacial score (nSPS) is 10.6. The monoisotopic (exact) mass is 368 g/mol. The highest BCUT2D eigenvalue weighted by Crippen LogP contribution is 2.17. The second-order valence-corrected chi connectivity index (χ2v) is 5.83. The molecule has 5 heteroatoms. The van der Waals surface area contributed by atoms with Crippen LogP contribution in [0.4, 0.5) is 0 Å². The van der Waals surface area contributed by atoms with Gasteiger partial charge < -0.3 is 14.2 Å². The molecule has 0 N–H and O–H groups in total. The molecular weight excluding hydrogens is 344 g/mol. The zero-order valence-corrected chi connectivity index (χ0v) is 15.6. The summed E-state index contributed by atoms with van der Waals surface area (Å²) >= 11 is 0. The molecule has 0 bridgehead atoms. The highest BCUT2D eigenvalue weighted by Gasteiger charge is 2.08. The lowest BCUT2D eigenvalue weighted by Crippen LogP contribution is -2.08. The number of ether oxygens (including phenoxy) is 3. The first-order chi connectivity index (χ1) is 13.1. The molecule has 0 fully saturated rings. The summed E-state index contributed by atoms with van der Waals surface area (Å²) in [7, 11) is 0. The number of benzene rings is 2. The Hall–Kier alpha value is -3.08. The predicted octanol–water partition coefficient (Wildman–Crippen LogP) is 4.66. The molecule has 0 aliphatic heterocycles. The summed E-state index contributed by atoms with van der Waals surface area (Å²) in [6.45, 7) is 5.02. The summed E-state index contributed by atoms with van der Waals surface area (Å²) in [4.78, 5) is 23.6. The van der Waals surface area contributed by atoms with Crippen LogP contribution in [-0.2, 0) is 9.53 Å². The van der Waals surface area contributed by atoms with Gasteiger partial charge >= 0.3 is 11.9 Å². The molecule has 0 aliphatic rings. The number of rotatable bonds is 9. The molecule has 0 atom stereocenters. The van der Waals surface area contributed by atoms with Gasteiger partial charge in [0.2, 0.25) is 0 Å². The average molecular weight is 368 g/mol. The van der Waals surface area contributed by atoms with E-state index in [0.29, 0.717) is 24.5 Å². The number of hydrogen-bond donors (Lipinski definition) is 0. The summed E-state index contributed by atoms with van der Waals surface area (Å²) in [6.07, 6.45) is 4.74. The van der Waals surface area contributed by atoms with Crippen LogP contribution in [0.5, 0.6) is 11.5 Å². The van der Waals surface area contributed by atoms with E-state index in [0.717, 1.165) is 24.2 Å². The third-order valence-corrected chi connectivity index (χ3v) is 3.51. The smallest absolute Gasteiger partial charge is 0.343 e. The largest absolute Gasteiger partial charge is 0.494 e. The lowest BCUT2D eigenvalue weighted by Gasteiger charge is -2.07. The summed E-state index contributed by atoms with van der Waals surface area (Å²) < 4.78 is 15.8. The van der Waals surface area contributed by atoms with Gasteiger partial charge in [-0.05, 0) is 60.9 Å². The average Bonchev–Trinajstić information content (AvgIpc) is 2.70. The fraction of sp³-hybridized carbons (Fsp3) is 0.273. The van der Waals surface area contributed by atoms with Crippen LogP contribution in [0.1, 0.15) is 42.6 Å². The minimum absolute atomic E-state index is 0.376. The van der Waals surface area contributed by atoms with E-state index >= 15 is 0 Å². The Bertz CT molecular complexity index is 760. The van der Waals surface area contributed by atoms with Gasteiger partial charge in [0.1, 0.15) is 11.5 Å². The van der Waals surface area contributed by atoms with Crippen molar-refractivity contribution in [2.75, 3.05) is 13.2 Å². The molecule has 2 aromatic carbocycles. The van der Waals surface area contributed by atoms with Gasteiger partial charge in [-0.25, -0.2) is 9.59 Å². The molecule has 0 amide bonds. The lowest BCUT2D eigenvalue weighted by molar-refractivity contribution is -0.137. The number of esters is 2. The van der Waals surface area contributed by atoms with E-state index in [1.807, 2.05) is 13.8 Å². The van der Waals surface area contributed by atoms with Crippen LogP contribution in [0, 0.1) is 0 Å². The number of hydrogen-bond acceptors (Lipinski definition) is 5. The zero-order chi connectivity index (χ0) is 19.5. The molecule has 0 spiro atoms. The maximum Gasteiger partial charge on any atom is 0.343 e. The summed E-state index contributed by atoms with van der Waals surface area (Å²) in [5.41, 5.74) is 1.25. The van der Waals surface area contributed by atoms with E-state index in [1.165, 1.54) is 6.08 Å². The third kappa shape index (κ3) is 6.98. The molecule has 0 aliphatic carbocycles. The second-order valence-electron chi connectivity index (χ2n) is 5.83. The Morgan fingerprint density at radius 2 is 1.48 bits per heavy atom. The molecule has 2 rings (SSSR count). The number of carbonyl (C=O) groups excluding carboxylic acids is 2. The quantitative estimate of drug-likeness (QED) is 0.366. The van der Waals surface area contributed by atoms with Crippen molar-refractivity contribution in [1.82, 2.24) is 0 Å². The first kappa shape index (κ1) is 20.2. The van der Waals surface area contributed by atoms with Crippen LogP contribution >= 0.6 is 0 Å². The minimum Gasteiger partial charge on any atom is -0.494 e. The van der Waals surface area contributed by atoms with Gasteiger partial charge in [-0.3, -0.25) is 0 Å². The van der Waals surface area contributed by atoms with Crippen molar-refractivity contribution in [3.05, 3.63) is 65.7 Å². The Balaban J connectivity index is 1.90. The minimum atomic E-state index is -0.441. The SMILES string of the molecule is CCCOC(=O)/C=C/c1ccc(OC(=O)c2ccc(OCCC)cc2)cc1. The van der Waals surface area contributed by atoms with Crippen LogP contribution in [0.15, 0.2) is 54.6 Å². The lowest BCUT2D eigenvalue weighted by atomic mass is 10.2. The van der Waals surface area contributed by atoms with Gasteiger partial charge in [-0.1, -0.05) is 26.0 Å². The first-order valence-electron chi connectivity index (χ1n) is 9.02. The second kappa shape index (κ2) is 10.8. The van der Waals surface area contributed by atoms with Crippen molar-refractivity contribution in [3.8, 4) is 11.5 Å². The molecule has 0 aromatic heterocycles. The Morgan fingerprint density at radius 1 is 0.852 bits per heavy atom. The summed E-state index contributed by atoms with van der Waals surface area (Å²) in [5.74, 6) is 0.334. The van der Waals surface area contributed by atoms with Crippen LogP contribution < -0.4 is 9.47 Å². The third-order valence-electron chi connectivity index (χ3n) is 3.51. The topological polar surface area (TPSA) is 61.8 Å². The van der Waals surface area contributed by atoms with Crippen molar-refractivity contribution < 1.29 is 23.8 Å². The summed E-state index contributed by atoms with van der Waals surface area (Å²) in [5, 5.41) is 0. The van der Waals surface area contributed by atoms with Crippen LogP contribution in [-0.4, -0.2) is 25.2 Å². The molecule has 2 aromatic rings. The molecule has 0 saturated heterocycles. The Morgan fingerprint density at radius 3 is 2.11 bits per heavy atom. The first-order valence-corrected chi connectivity index (χ1v) is 9.02. The predicted molar refractivity (Wildman–Crippen MR) is 104 cm³/mol. The molecule has 0 unspecified atom stereocenters.